The molecule has 16 heteroatoms. The Bertz CT molecular complexity index is 848. The van der Waals surface area contributed by atoms with Crippen LogP contribution in [0.15, 0.2) is 0 Å². The monoisotopic (exact) mass is 490 g/mol. The minimum absolute atomic E-state index is 0.417. The second kappa shape index (κ2) is 10.1. The molecule has 2 saturated heterocycles. The molecule has 2 unspecified atom stereocenters. The van der Waals surface area contributed by atoms with Crippen molar-refractivity contribution >= 4 is 47.5 Å². The molecule has 0 aliphatic carbocycles. The highest BCUT2D eigenvalue weighted by Crippen LogP contribution is 2.28. The number of nitrogens with zero attached hydrogens (tertiary/aromatic N) is 2. The van der Waals surface area contributed by atoms with Gasteiger partial charge in [-0.3, -0.25) is 9.59 Å². The van der Waals surface area contributed by atoms with Crippen molar-refractivity contribution < 1.29 is 77.8 Å². The summed E-state index contributed by atoms with van der Waals surface area (Å²) in [5.41, 5.74) is 0. The Kier molecular flexibility index (Phi) is 7.93. The molecule has 0 spiro atoms. The van der Waals surface area contributed by atoms with E-state index < -0.39 is 121 Å². The highest BCUT2D eigenvalue weighted by atomic mass is 16.6. The van der Waals surface area contributed by atoms with E-state index in [0.717, 1.165) is 0 Å². The van der Waals surface area contributed by atoms with Crippen LogP contribution in [0.4, 0.5) is 0 Å². The van der Waals surface area contributed by atoms with Gasteiger partial charge >= 0.3 is 47.5 Å². The van der Waals surface area contributed by atoms with E-state index in [0.29, 0.717) is 0 Å². The Hall–Kier alpha value is -3.60. The Morgan fingerprint density at radius 1 is 0.647 bits per heavy atom. The lowest BCUT2D eigenvalue weighted by atomic mass is 10.1. The van der Waals surface area contributed by atoms with Gasteiger partial charge in [-0.1, -0.05) is 0 Å². The van der Waals surface area contributed by atoms with Gasteiger partial charge < -0.3 is 19.7 Å². The third-order valence-corrected chi connectivity index (χ3v) is 5.38. The fourth-order valence-electron chi connectivity index (χ4n) is 3.63. The molecule has 2 heterocycles. The smallest absolute Gasteiger partial charge is 0.369 e. The lowest BCUT2D eigenvalue weighted by Gasteiger charge is -2.27. The van der Waals surface area contributed by atoms with E-state index in [1.807, 2.05) is 0 Å². The van der Waals surface area contributed by atoms with E-state index in [1.165, 1.54) is 0 Å². The molecule has 2 fully saturated rings. The van der Waals surface area contributed by atoms with Gasteiger partial charge in [-0.25, -0.2) is 39.2 Å². The van der Waals surface area contributed by atoms with Gasteiger partial charge in [0.1, 0.15) is 26.1 Å². The Balaban J connectivity index is 2.04. The van der Waals surface area contributed by atoms with Crippen LogP contribution < -0.4 is 0 Å². The van der Waals surface area contributed by atoms with Crippen molar-refractivity contribution in [3.63, 3.8) is 0 Å². The van der Waals surface area contributed by atoms with Crippen LogP contribution in [0.5, 0.6) is 0 Å². The van der Waals surface area contributed by atoms with E-state index in [9.17, 15) is 48.8 Å². The number of rotatable bonds is 11. The van der Waals surface area contributed by atoms with Crippen LogP contribution in [0.2, 0.25) is 0 Å². The number of esters is 2. The number of carboxylic acids is 2. The minimum Gasteiger partial charge on any atom is -0.481 e. The van der Waals surface area contributed by atoms with E-state index in [1.54, 1.807) is 0 Å². The maximum absolute atomic E-state index is 12.3. The number of carboxylic acid groups (broad SMARTS) is 2. The number of quaternary nitrogens is 2. The van der Waals surface area contributed by atoms with Crippen LogP contribution in [0, 0.1) is 0 Å². The van der Waals surface area contributed by atoms with Crippen molar-refractivity contribution in [2.45, 2.75) is 50.6 Å². The average molecular weight is 490 g/mol. The zero-order chi connectivity index (χ0) is 25.8. The maximum Gasteiger partial charge on any atom is 0.369 e. The van der Waals surface area contributed by atoms with Crippen molar-refractivity contribution in [1.29, 1.82) is 0 Å². The number of aliphatic carboxylic acids is 2. The number of amides is 4. The second-order valence-corrected chi connectivity index (χ2v) is 7.51. The zero-order valence-electron chi connectivity index (χ0n) is 17.6. The lowest BCUT2D eigenvalue weighted by Crippen LogP contribution is -2.61. The molecule has 0 radical (unpaired) electrons. The van der Waals surface area contributed by atoms with E-state index in [2.05, 4.69) is 0 Å². The maximum atomic E-state index is 12.3. The molecule has 0 aromatic rings. The number of carbonyl (C=O) groups is 8. The summed E-state index contributed by atoms with van der Waals surface area (Å²) < 4.78 is 5.25. The summed E-state index contributed by atoms with van der Waals surface area (Å²) in [6.45, 7) is -1.59. The van der Waals surface area contributed by atoms with Gasteiger partial charge in [0.2, 0.25) is 12.1 Å². The lowest BCUT2D eigenvalue weighted by molar-refractivity contribution is -0.984. The highest BCUT2D eigenvalue weighted by molar-refractivity contribution is 5.96. The van der Waals surface area contributed by atoms with Gasteiger partial charge in [0.05, 0.1) is 25.7 Å². The van der Waals surface area contributed by atoms with E-state index in [-0.39, 0.29) is 0 Å². The van der Waals surface area contributed by atoms with Gasteiger partial charge in [0.15, 0.2) is 0 Å². The topological polar surface area (TPSA) is 236 Å². The Morgan fingerprint density at radius 2 is 0.912 bits per heavy atom. The van der Waals surface area contributed by atoms with E-state index >= 15 is 0 Å². The van der Waals surface area contributed by atoms with Crippen LogP contribution in [0.3, 0.4) is 0 Å². The number of imide groups is 2. The molecule has 2 aliphatic rings. The first kappa shape index (κ1) is 26.7. The molecular weight excluding hydrogens is 468 g/mol. The average Bonchev–Trinajstić information content (AvgIpc) is 3.18. The number of carbonyl (C=O) groups excluding carboxylic acids is 6. The van der Waals surface area contributed by atoms with Crippen LogP contribution in [-0.2, 0) is 47.8 Å². The second-order valence-electron chi connectivity index (χ2n) is 7.51. The third-order valence-electron chi connectivity index (χ3n) is 5.38. The first-order valence-corrected chi connectivity index (χ1v) is 9.89. The normalized spacial score (nSPS) is 20.6. The molecule has 186 valence electrons. The van der Waals surface area contributed by atoms with Gasteiger partial charge in [-0.05, 0) is 9.29 Å². The summed E-state index contributed by atoms with van der Waals surface area (Å²) in [6, 6.07) is -4.25. The van der Waals surface area contributed by atoms with Gasteiger partial charge in [0.25, 0.3) is 0 Å². The number of likely N-dealkylation sites (tertiary alicyclic amines) is 2. The van der Waals surface area contributed by atoms with Crippen molar-refractivity contribution in [1.82, 2.24) is 0 Å². The van der Waals surface area contributed by atoms with Crippen LogP contribution >= 0.6 is 0 Å². The van der Waals surface area contributed by atoms with Crippen LogP contribution in [0.25, 0.3) is 0 Å². The molecule has 0 bridgehead atoms. The third kappa shape index (κ3) is 4.98. The molecule has 2 aliphatic heterocycles. The summed E-state index contributed by atoms with van der Waals surface area (Å²) >= 11 is 0. The summed E-state index contributed by atoms with van der Waals surface area (Å²) in [5.74, 6) is -10.6. The van der Waals surface area contributed by atoms with Crippen molar-refractivity contribution in [2.75, 3.05) is 13.2 Å². The van der Waals surface area contributed by atoms with Gasteiger partial charge in [-0.2, -0.15) is 0 Å². The molecule has 0 saturated carbocycles. The first-order valence-electron chi connectivity index (χ1n) is 9.89. The zero-order valence-corrected chi connectivity index (χ0v) is 17.6. The molecular formula is C18H22N2O14+2. The first-order chi connectivity index (χ1) is 15.8. The Labute approximate surface area is 189 Å². The summed E-state index contributed by atoms with van der Waals surface area (Å²) in [4.78, 5) is 94.5. The number of hydrogen-bond acceptors (Lipinski definition) is 12. The highest BCUT2D eigenvalue weighted by Gasteiger charge is 2.61. The van der Waals surface area contributed by atoms with Crippen LogP contribution in [0.1, 0.15) is 38.5 Å². The van der Waals surface area contributed by atoms with Crippen molar-refractivity contribution in [3.05, 3.63) is 0 Å². The summed E-state index contributed by atoms with van der Waals surface area (Å²) in [6.07, 6.45) is -3.94. The largest absolute Gasteiger partial charge is 0.481 e. The number of hydroxylamine groups is 6. The fraction of sp³-hybridized carbons (Fsp3) is 0.556. The predicted octanol–water partition coefficient (Wildman–Crippen LogP) is -2.13. The minimum atomic E-state index is -2.12. The van der Waals surface area contributed by atoms with Gasteiger partial charge in [0, 0.05) is 0 Å². The molecule has 4 amide bonds. The number of ether oxygens (including phenoxy) is 2. The van der Waals surface area contributed by atoms with E-state index in [4.69, 9.17) is 19.7 Å². The number of hydrogen-bond donors (Lipinski definition) is 4. The predicted molar refractivity (Wildman–Crippen MR) is 96.6 cm³/mol. The summed E-state index contributed by atoms with van der Waals surface area (Å²) in [5, 5.41) is 38.7. The molecule has 2 atom stereocenters. The SMILES string of the molecule is O=C(O)CC(C(=O)OCCOC(=O)C(CC(=O)O)[N+]1(O)C(=O)CCC1=O)[N+]1(O)C(=O)CCC1=O. The fourth-order valence-corrected chi connectivity index (χ4v) is 3.63. The molecule has 0 aromatic carbocycles. The molecule has 16 nitrogen and oxygen atoms in total. The molecule has 4 N–H and O–H groups in total. The van der Waals surface area contributed by atoms with Crippen molar-refractivity contribution in [2.24, 2.45) is 0 Å². The molecule has 34 heavy (non-hydrogen) atoms. The van der Waals surface area contributed by atoms with Crippen LogP contribution in [-0.4, -0.2) is 103 Å². The van der Waals surface area contributed by atoms with Gasteiger partial charge in [-0.15, -0.1) is 0 Å². The molecule has 2 rings (SSSR count). The quantitative estimate of drug-likeness (QED) is 0.0795. The summed E-state index contributed by atoms with van der Waals surface area (Å²) in [7, 11) is 0. The Morgan fingerprint density at radius 3 is 1.15 bits per heavy atom. The molecule has 0 aromatic heterocycles. The van der Waals surface area contributed by atoms with Crippen molar-refractivity contribution in [3.8, 4) is 0 Å². The standard InChI is InChI=1S/C18H20N2O14/c21-11-1-2-12(22)19(11,31)9(7-15(25)26)17(29)33-5-6-34-18(30)10(8-16(27)28)20(32)13(23)3-4-14(20)24/h9-10,31-32H,1-8H2/p+2.